The summed E-state index contributed by atoms with van der Waals surface area (Å²) in [5.41, 5.74) is 2.17. The molecule has 31 heavy (non-hydrogen) atoms. The Kier molecular flexibility index (Phi) is 7.55. The minimum atomic E-state index is -1.26. The topological polar surface area (TPSA) is 60.7 Å². The molecule has 3 aliphatic carbocycles. The van der Waals surface area contributed by atoms with Gasteiger partial charge < -0.3 is 15.3 Å². The van der Waals surface area contributed by atoms with E-state index in [9.17, 15) is 19.7 Å². The van der Waals surface area contributed by atoms with E-state index in [0.717, 1.165) is 24.0 Å². The molecule has 3 saturated carbocycles. The smallest absolute Gasteiger partial charge is 0.128 e. The van der Waals surface area contributed by atoms with Gasteiger partial charge in [-0.15, -0.1) is 0 Å². The molecule has 0 radical (unpaired) electrons. The van der Waals surface area contributed by atoms with Crippen LogP contribution in [0.4, 0.5) is 4.39 Å². The summed E-state index contributed by atoms with van der Waals surface area (Å²) >= 11 is 0. The van der Waals surface area contributed by atoms with E-state index in [2.05, 4.69) is 32.6 Å². The first kappa shape index (κ1) is 24.7. The normalized spacial score (nSPS) is 39.0. The molecule has 3 rings (SSSR count). The van der Waals surface area contributed by atoms with Crippen molar-refractivity contribution in [1.82, 2.24) is 0 Å². The quantitative estimate of drug-likeness (QED) is 0.506. The van der Waals surface area contributed by atoms with Gasteiger partial charge in [0.25, 0.3) is 0 Å². The molecule has 0 aromatic heterocycles. The number of aliphatic hydroxyl groups excluding tert-OH is 2. The van der Waals surface area contributed by atoms with E-state index < -0.39 is 24.0 Å². The van der Waals surface area contributed by atoms with Crippen LogP contribution < -0.4 is 0 Å². The Morgan fingerprint density at radius 3 is 2.61 bits per heavy atom. The van der Waals surface area contributed by atoms with Crippen LogP contribution in [0.5, 0.6) is 0 Å². The molecule has 4 heteroatoms. The molecule has 0 aliphatic heterocycles. The zero-order chi connectivity index (χ0) is 23.0. The highest BCUT2D eigenvalue weighted by Crippen LogP contribution is 2.60. The molecule has 0 aromatic rings. The van der Waals surface area contributed by atoms with Crippen LogP contribution >= 0.6 is 0 Å². The molecule has 0 aromatic carbocycles. The maximum Gasteiger partial charge on any atom is 0.128 e. The lowest BCUT2D eigenvalue weighted by Crippen LogP contribution is -2.37. The molecule has 3 nitrogen and oxygen atoms in total. The Hall–Kier alpha value is -0.970. The van der Waals surface area contributed by atoms with Crippen LogP contribution in [0.2, 0.25) is 0 Å². The lowest BCUT2D eigenvalue weighted by atomic mass is 9.60. The van der Waals surface area contributed by atoms with Gasteiger partial charge in [0.05, 0.1) is 17.8 Å². The number of fused-ring (bicyclic) bond motifs is 1. The van der Waals surface area contributed by atoms with Gasteiger partial charge in [0.15, 0.2) is 0 Å². The second-order valence-corrected chi connectivity index (χ2v) is 11.3. The third kappa shape index (κ3) is 5.34. The standard InChI is InChI=1S/C27H43FO3/c1-17(8-13-25(28)26(3,4)31)22-11-12-23-19(7-6-14-27(22,23)5)9-10-20-15-21(29)16-24(30)18(20)2/h9-10,17,21-25,29-31H,2,6-8,11-16H2,1,3-5H3/b19-9+,20-10-. The maximum atomic E-state index is 14.3. The van der Waals surface area contributed by atoms with Crippen molar-refractivity contribution < 1.29 is 19.7 Å². The average molecular weight is 435 g/mol. The van der Waals surface area contributed by atoms with Gasteiger partial charge in [-0.05, 0) is 99.5 Å². The number of aliphatic hydroxyl groups is 3. The molecule has 0 heterocycles. The zero-order valence-corrected chi connectivity index (χ0v) is 19.9. The number of allylic oxidation sites excluding steroid dienone is 3. The highest BCUT2D eigenvalue weighted by Gasteiger charge is 2.50. The number of halogens is 1. The molecule has 7 atom stereocenters. The van der Waals surface area contributed by atoms with Crippen molar-refractivity contribution in [3.05, 3.63) is 35.5 Å². The summed E-state index contributed by atoms with van der Waals surface area (Å²) in [5.74, 6) is 1.57. The lowest BCUT2D eigenvalue weighted by Gasteiger charge is -2.44. The summed E-state index contributed by atoms with van der Waals surface area (Å²) in [6.07, 6.45) is 10.0. The third-order valence-corrected chi connectivity index (χ3v) is 8.63. The molecule has 0 spiro atoms. The molecule has 3 aliphatic rings. The molecule has 0 amide bonds. The maximum absolute atomic E-state index is 14.3. The third-order valence-electron chi connectivity index (χ3n) is 8.63. The van der Waals surface area contributed by atoms with Gasteiger partial charge in [0.2, 0.25) is 0 Å². The Morgan fingerprint density at radius 2 is 1.94 bits per heavy atom. The summed E-state index contributed by atoms with van der Waals surface area (Å²) < 4.78 is 14.3. The van der Waals surface area contributed by atoms with Gasteiger partial charge in [-0.25, -0.2) is 4.39 Å². The van der Waals surface area contributed by atoms with Crippen LogP contribution in [-0.4, -0.2) is 39.3 Å². The Balaban J connectivity index is 1.71. The molecular weight excluding hydrogens is 391 g/mol. The van der Waals surface area contributed by atoms with E-state index in [1.807, 2.05) is 0 Å². The molecule has 0 bridgehead atoms. The monoisotopic (exact) mass is 434 g/mol. The predicted molar refractivity (Wildman–Crippen MR) is 124 cm³/mol. The predicted octanol–water partition coefficient (Wildman–Crippen LogP) is 5.65. The number of hydrogen-bond donors (Lipinski definition) is 3. The highest BCUT2D eigenvalue weighted by atomic mass is 19.1. The molecule has 7 unspecified atom stereocenters. The number of hydrogen-bond acceptors (Lipinski definition) is 3. The van der Waals surface area contributed by atoms with Crippen LogP contribution in [0.1, 0.15) is 85.5 Å². The fourth-order valence-electron chi connectivity index (χ4n) is 6.64. The second kappa shape index (κ2) is 9.49. The van der Waals surface area contributed by atoms with Crippen molar-refractivity contribution >= 4 is 0 Å². The van der Waals surface area contributed by atoms with Crippen molar-refractivity contribution in [3.8, 4) is 0 Å². The summed E-state index contributed by atoms with van der Waals surface area (Å²) in [6, 6.07) is 0. The van der Waals surface area contributed by atoms with Gasteiger partial charge in [-0.2, -0.15) is 0 Å². The Bertz CT molecular complexity index is 718. The summed E-state index contributed by atoms with van der Waals surface area (Å²) in [5, 5.41) is 30.1. The van der Waals surface area contributed by atoms with Crippen LogP contribution in [0.15, 0.2) is 35.5 Å². The van der Waals surface area contributed by atoms with Gasteiger partial charge >= 0.3 is 0 Å². The summed E-state index contributed by atoms with van der Waals surface area (Å²) in [4.78, 5) is 0. The number of rotatable bonds is 6. The number of alkyl halides is 1. The van der Waals surface area contributed by atoms with Crippen molar-refractivity contribution in [2.75, 3.05) is 0 Å². The van der Waals surface area contributed by atoms with E-state index in [1.54, 1.807) is 13.8 Å². The second-order valence-electron chi connectivity index (χ2n) is 11.3. The summed E-state index contributed by atoms with van der Waals surface area (Å²) in [6.45, 7) is 11.8. The molecule has 3 fully saturated rings. The van der Waals surface area contributed by atoms with E-state index in [0.29, 0.717) is 37.0 Å². The molecular formula is C27H43FO3. The van der Waals surface area contributed by atoms with Crippen molar-refractivity contribution in [3.63, 3.8) is 0 Å². The largest absolute Gasteiger partial charge is 0.393 e. The van der Waals surface area contributed by atoms with Crippen LogP contribution in [-0.2, 0) is 0 Å². The minimum Gasteiger partial charge on any atom is -0.393 e. The van der Waals surface area contributed by atoms with Crippen molar-refractivity contribution in [2.24, 2.45) is 23.2 Å². The van der Waals surface area contributed by atoms with E-state index >= 15 is 0 Å². The van der Waals surface area contributed by atoms with Crippen LogP contribution in [0, 0.1) is 23.2 Å². The van der Waals surface area contributed by atoms with Crippen LogP contribution in [0.3, 0.4) is 0 Å². The highest BCUT2D eigenvalue weighted by molar-refractivity contribution is 5.38. The van der Waals surface area contributed by atoms with Crippen molar-refractivity contribution in [1.29, 1.82) is 0 Å². The lowest BCUT2D eigenvalue weighted by molar-refractivity contribution is -0.0119. The average Bonchev–Trinajstić information content (AvgIpc) is 3.04. The SMILES string of the molecule is C=C1/C(=C\C=C2/CCCC3(C)C2CCC3C(C)CCC(F)C(C)(C)O)CC(O)CC1O. The van der Waals surface area contributed by atoms with Gasteiger partial charge in [0, 0.05) is 6.42 Å². The molecule has 0 saturated heterocycles. The Morgan fingerprint density at radius 1 is 1.23 bits per heavy atom. The van der Waals surface area contributed by atoms with Crippen molar-refractivity contribution in [2.45, 2.75) is 109 Å². The van der Waals surface area contributed by atoms with Crippen LogP contribution in [0.25, 0.3) is 0 Å². The molecule has 3 N–H and O–H groups in total. The minimum absolute atomic E-state index is 0.241. The van der Waals surface area contributed by atoms with E-state index in [1.165, 1.54) is 31.3 Å². The first-order valence-electron chi connectivity index (χ1n) is 12.2. The zero-order valence-electron chi connectivity index (χ0n) is 19.9. The molecule has 176 valence electrons. The summed E-state index contributed by atoms with van der Waals surface area (Å²) in [7, 11) is 0. The van der Waals surface area contributed by atoms with Gasteiger partial charge in [0.1, 0.15) is 6.17 Å². The fraction of sp³-hybridized carbons (Fsp3) is 0.778. The van der Waals surface area contributed by atoms with E-state index in [-0.39, 0.29) is 5.41 Å². The fourth-order valence-corrected chi connectivity index (χ4v) is 6.64. The van der Waals surface area contributed by atoms with E-state index in [4.69, 9.17) is 0 Å². The van der Waals surface area contributed by atoms with Gasteiger partial charge in [-0.3, -0.25) is 0 Å². The van der Waals surface area contributed by atoms with Gasteiger partial charge in [-0.1, -0.05) is 38.2 Å². The first-order chi connectivity index (χ1) is 14.4. The first-order valence-corrected chi connectivity index (χ1v) is 12.2. The Labute approximate surface area is 188 Å².